The average Bonchev–Trinajstić information content (AvgIpc) is 3.26. The van der Waals surface area contributed by atoms with Crippen LogP contribution in [0.5, 0.6) is 0 Å². The molecule has 0 saturated heterocycles. The molecule has 0 aliphatic heterocycles. The minimum absolute atomic E-state index is 0.0489. The summed E-state index contributed by atoms with van der Waals surface area (Å²) in [5, 5.41) is 9.62. The summed E-state index contributed by atoms with van der Waals surface area (Å²) in [5.74, 6) is -0.0812. The first-order chi connectivity index (χ1) is 19.1. The maximum atomic E-state index is 13.7. The summed E-state index contributed by atoms with van der Waals surface area (Å²) in [5.41, 5.74) is 9.52. The largest absolute Gasteiger partial charge is 0.444 e. The third-order valence-corrected chi connectivity index (χ3v) is 7.68. The lowest BCUT2D eigenvalue weighted by Gasteiger charge is -2.30. The molecule has 1 unspecified atom stereocenters. The summed E-state index contributed by atoms with van der Waals surface area (Å²) in [6.45, 7) is 8.12. The van der Waals surface area contributed by atoms with E-state index in [-0.39, 0.29) is 30.1 Å². The Balaban J connectivity index is 1.36. The smallest absolute Gasteiger partial charge is 0.407 e. The van der Waals surface area contributed by atoms with Gasteiger partial charge in [-0.3, -0.25) is 4.79 Å². The molecule has 3 aromatic carbocycles. The van der Waals surface area contributed by atoms with Crippen LogP contribution in [0.15, 0.2) is 66.7 Å². The number of nitrogens with two attached hydrogens (primary N) is 1. The van der Waals surface area contributed by atoms with Crippen LogP contribution < -0.4 is 16.4 Å². The van der Waals surface area contributed by atoms with Crippen molar-refractivity contribution in [3.8, 4) is 0 Å². The van der Waals surface area contributed by atoms with Crippen LogP contribution in [-0.2, 0) is 11.3 Å². The zero-order valence-electron chi connectivity index (χ0n) is 23.9. The molecule has 0 spiro atoms. The first-order valence-electron chi connectivity index (χ1n) is 14.2. The molecule has 1 saturated carbocycles. The molecule has 1 aromatic heterocycles. The number of hydrogen-bond acceptors (Lipinski definition) is 4. The van der Waals surface area contributed by atoms with Gasteiger partial charge in [-0.15, -0.1) is 0 Å². The van der Waals surface area contributed by atoms with E-state index in [4.69, 9.17) is 10.5 Å². The van der Waals surface area contributed by atoms with Crippen LogP contribution in [0.4, 0.5) is 4.79 Å². The fourth-order valence-corrected chi connectivity index (χ4v) is 5.63. The van der Waals surface area contributed by atoms with Gasteiger partial charge in [0.2, 0.25) is 0 Å². The highest BCUT2D eigenvalue weighted by Gasteiger charge is 2.27. The minimum Gasteiger partial charge on any atom is -0.444 e. The normalized spacial score (nSPS) is 18.4. The summed E-state index contributed by atoms with van der Waals surface area (Å²) in [7, 11) is 0. The summed E-state index contributed by atoms with van der Waals surface area (Å²) < 4.78 is 7.52. The van der Waals surface area contributed by atoms with Crippen molar-refractivity contribution in [2.75, 3.05) is 0 Å². The van der Waals surface area contributed by atoms with Crippen molar-refractivity contribution in [3.05, 3.63) is 83.6 Å². The second-order valence-electron chi connectivity index (χ2n) is 12.0. The Labute approximate surface area is 236 Å². The first kappa shape index (κ1) is 27.7. The number of nitrogens with zero attached hydrogens (tertiary/aromatic N) is 1. The highest BCUT2D eigenvalue weighted by Crippen LogP contribution is 2.28. The van der Waals surface area contributed by atoms with Crippen molar-refractivity contribution in [3.63, 3.8) is 0 Å². The van der Waals surface area contributed by atoms with E-state index in [0.29, 0.717) is 12.2 Å². The molecule has 2 amide bonds. The van der Waals surface area contributed by atoms with E-state index in [0.717, 1.165) is 47.7 Å². The first-order valence-corrected chi connectivity index (χ1v) is 14.2. The lowest BCUT2D eigenvalue weighted by molar-refractivity contribution is 0.0488. The van der Waals surface area contributed by atoms with Gasteiger partial charge in [0.15, 0.2) is 0 Å². The molecular weight excluding hydrogens is 500 g/mol. The van der Waals surface area contributed by atoms with Crippen molar-refractivity contribution in [2.45, 2.75) is 83.6 Å². The third-order valence-electron chi connectivity index (χ3n) is 7.68. The number of rotatable bonds is 6. The second-order valence-corrected chi connectivity index (χ2v) is 12.0. The topological polar surface area (TPSA) is 98.4 Å². The van der Waals surface area contributed by atoms with E-state index >= 15 is 0 Å². The number of benzene rings is 3. The third kappa shape index (κ3) is 6.31. The number of aromatic nitrogens is 1. The molecule has 0 bridgehead atoms. The van der Waals surface area contributed by atoms with Gasteiger partial charge < -0.3 is 25.7 Å². The molecule has 7 heteroatoms. The average molecular weight is 541 g/mol. The quantitative estimate of drug-likeness (QED) is 0.263. The Kier molecular flexibility index (Phi) is 7.86. The summed E-state index contributed by atoms with van der Waals surface area (Å²) in [6.07, 6.45) is 2.79. The SMILES string of the molecule is CC(N)c1ccc2cc(C(=O)N[C@H]3CC[C@H](NC(=O)OC(C)(C)C)CC3)n(Cc3cccc4ccccc34)c2c1. The standard InChI is InChI=1S/C33H40N4O3/c1-21(34)23-12-13-24-19-30(31(38)35-26-14-16-27(17-15-26)36-32(39)40-33(2,3)4)37(29(24)18-23)20-25-10-7-9-22-8-5-6-11-28(22)25/h5-13,18-19,21,26-27H,14-17,20,34H2,1-4H3,(H,35,38)(H,36,39)/t21?,26-,27-. The molecule has 0 radical (unpaired) electrons. The van der Waals surface area contributed by atoms with Crippen LogP contribution in [0.2, 0.25) is 0 Å². The molecule has 4 N–H and O–H groups in total. The van der Waals surface area contributed by atoms with E-state index in [1.165, 1.54) is 10.8 Å². The number of ether oxygens (including phenoxy) is 1. The monoisotopic (exact) mass is 540 g/mol. The zero-order chi connectivity index (χ0) is 28.4. The van der Waals surface area contributed by atoms with E-state index in [1.54, 1.807) is 0 Å². The van der Waals surface area contributed by atoms with Gasteiger partial charge in [0, 0.05) is 35.6 Å². The van der Waals surface area contributed by atoms with Gasteiger partial charge in [0.05, 0.1) is 0 Å². The minimum atomic E-state index is -0.525. The lowest BCUT2D eigenvalue weighted by atomic mass is 9.91. The fraction of sp³-hybridized carbons (Fsp3) is 0.394. The number of alkyl carbamates (subject to hydrolysis) is 1. The maximum Gasteiger partial charge on any atom is 0.407 e. The number of fused-ring (bicyclic) bond motifs is 2. The molecule has 210 valence electrons. The van der Waals surface area contributed by atoms with Crippen LogP contribution in [0, 0.1) is 0 Å². The van der Waals surface area contributed by atoms with Gasteiger partial charge in [-0.25, -0.2) is 4.79 Å². The van der Waals surface area contributed by atoms with Crippen molar-refractivity contribution >= 4 is 33.7 Å². The molecule has 1 heterocycles. The number of carbonyl (C=O) groups excluding carboxylic acids is 2. The van der Waals surface area contributed by atoms with Gasteiger partial charge in [-0.1, -0.05) is 54.6 Å². The van der Waals surface area contributed by atoms with Crippen molar-refractivity contribution in [2.24, 2.45) is 5.73 Å². The molecule has 5 rings (SSSR count). The molecule has 7 nitrogen and oxygen atoms in total. The fourth-order valence-electron chi connectivity index (χ4n) is 5.63. The van der Waals surface area contributed by atoms with Gasteiger partial charge >= 0.3 is 6.09 Å². The van der Waals surface area contributed by atoms with Crippen molar-refractivity contribution in [1.82, 2.24) is 15.2 Å². The predicted octanol–water partition coefficient (Wildman–Crippen LogP) is 6.43. The lowest BCUT2D eigenvalue weighted by Crippen LogP contribution is -2.45. The summed E-state index contributed by atoms with van der Waals surface area (Å²) in [6, 6.07) is 22.8. The Hall–Kier alpha value is -3.84. The number of nitrogens with one attached hydrogen (secondary N) is 2. The van der Waals surface area contributed by atoms with Gasteiger partial charge in [0.1, 0.15) is 11.3 Å². The second kappa shape index (κ2) is 11.3. The van der Waals surface area contributed by atoms with E-state index in [9.17, 15) is 9.59 Å². The van der Waals surface area contributed by atoms with Gasteiger partial charge in [0.25, 0.3) is 5.91 Å². The summed E-state index contributed by atoms with van der Waals surface area (Å²) in [4.78, 5) is 25.9. The molecule has 40 heavy (non-hydrogen) atoms. The molecular formula is C33H40N4O3. The van der Waals surface area contributed by atoms with Crippen LogP contribution in [0.1, 0.15) is 81.0 Å². The van der Waals surface area contributed by atoms with Crippen LogP contribution in [0.3, 0.4) is 0 Å². The number of amides is 2. The Morgan fingerprint density at radius 3 is 2.30 bits per heavy atom. The van der Waals surface area contributed by atoms with Crippen LogP contribution in [0.25, 0.3) is 21.7 Å². The molecule has 1 aliphatic carbocycles. The highest BCUT2D eigenvalue weighted by atomic mass is 16.6. The van der Waals surface area contributed by atoms with E-state index in [2.05, 4.69) is 63.7 Å². The van der Waals surface area contributed by atoms with Gasteiger partial charge in [-0.05, 0) is 87.4 Å². The van der Waals surface area contributed by atoms with Crippen LogP contribution in [-0.4, -0.2) is 34.3 Å². The Bertz CT molecular complexity index is 1520. The van der Waals surface area contributed by atoms with Crippen molar-refractivity contribution in [1.29, 1.82) is 0 Å². The highest BCUT2D eigenvalue weighted by molar-refractivity contribution is 5.99. The Morgan fingerprint density at radius 2 is 1.60 bits per heavy atom. The van der Waals surface area contributed by atoms with Gasteiger partial charge in [-0.2, -0.15) is 0 Å². The number of hydrogen-bond donors (Lipinski definition) is 3. The van der Waals surface area contributed by atoms with E-state index < -0.39 is 5.60 Å². The molecule has 1 atom stereocenters. The van der Waals surface area contributed by atoms with Crippen molar-refractivity contribution < 1.29 is 14.3 Å². The molecule has 4 aromatic rings. The maximum absolute atomic E-state index is 13.7. The van der Waals surface area contributed by atoms with Crippen LogP contribution >= 0.6 is 0 Å². The Morgan fingerprint density at radius 1 is 0.925 bits per heavy atom. The predicted molar refractivity (Wildman–Crippen MR) is 160 cm³/mol. The summed E-state index contributed by atoms with van der Waals surface area (Å²) >= 11 is 0. The number of carbonyl (C=O) groups is 2. The molecule has 1 fully saturated rings. The zero-order valence-corrected chi connectivity index (χ0v) is 23.9. The van der Waals surface area contributed by atoms with E-state index in [1.807, 2.05) is 45.9 Å². The molecule has 1 aliphatic rings.